The maximum absolute atomic E-state index is 13.2. The summed E-state index contributed by atoms with van der Waals surface area (Å²) in [4.78, 5) is 11.1. The van der Waals surface area contributed by atoms with Crippen LogP contribution in [0.15, 0.2) is 48.5 Å². The van der Waals surface area contributed by atoms with Crippen LogP contribution in [0.3, 0.4) is 0 Å². The highest BCUT2D eigenvalue weighted by Gasteiger charge is 2.40. The van der Waals surface area contributed by atoms with E-state index in [0.29, 0.717) is 25.0 Å². The van der Waals surface area contributed by atoms with Gasteiger partial charge in [0.1, 0.15) is 6.10 Å². The highest BCUT2D eigenvalue weighted by atomic mass is 19.4. The first-order valence-corrected chi connectivity index (χ1v) is 10.5. The van der Waals surface area contributed by atoms with Gasteiger partial charge in [-0.1, -0.05) is 30.3 Å². The largest absolute Gasteiger partial charge is 0.445 e. The Balaban J connectivity index is 1.84. The van der Waals surface area contributed by atoms with Crippen LogP contribution < -0.4 is 11.1 Å². The number of halogens is 6. The third-order valence-corrected chi connectivity index (χ3v) is 5.83. The second-order valence-electron chi connectivity index (χ2n) is 8.22. The van der Waals surface area contributed by atoms with Crippen molar-refractivity contribution in [3.05, 3.63) is 70.8 Å². The summed E-state index contributed by atoms with van der Waals surface area (Å²) in [6, 6.07) is 10.5. The van der Waals surface area contributed by atoms with Crippen molar-refractivity contribution in [1.29, 1.82) is 0 Å². The molecule has 186 valence electrons. The minimum Gasteiger partial charge on any atom is -0.445 e. The number of amides is 1. The Morgan fingerprint density at radius 2 is 1.68 bits per heavy atom. The van der Waals surface area contributed by atoms with Crippen molar-refractivity contribution in [2.75, 3.05) is 13.2 Å². The molecule has 1 fully saturated rings. The van der Waals surface area contributed by atoms with Gasteiger partial charge in [0.25, 0.3) is 0 Å². The first-order chi connectivity index (χ1) is 15.8. The number of piperidine rings is 1. The molecule has 1 amide bonds. The summed E-state index contributed by atoms with van der Waals surface area (Å²) in [5.74, 6) is 0. The molecular formula is C23H24F6N2O3. The molecule has 0 spiro atoms. The Morgan fingerprint density at radius 1 is 1.09 bits per heavy atom. The lowest BCUT2D eigenvalue weighted by Gasteiger charge is -2.41. The van der Waals surface area contributed by atoms with Gasteiger partial charge >= 0.3 is 18.4 Å². The van der Waals surface area contributed by atoms with E-state index in [0.717, 1.165) is 5.56 Å². The number of hydrogen-bond donors (Lipinski definition) is 2. The van der Waals surface area contributed by atoms with E-state index in [2.05, 4.69) is 5.32 Å². The number of rotatable bonds is 6. The monoisotopic (exact) mass is 490 g/mol. The fourth-order valence-electron chi connectivity index (χ4n) is 3.96. The number of alkyl halides is 6. The van der Waals surface area contributed by atoms with Crippen LogP contribution >= 0.6 is 0 Å². The second-order valence-corrected chi connectivity index (χ2v) is 8.22. The highest BCUT2D eigenvalue weighted by Crippen LogP contribution is 2.39. The van der Waals surface area contributed by atoms with Gasteiger partial charge in [-0.15, -0.1) is 0 Å². The average molecular weight is 490 g/mol. The number of ether oxygens (including phenoxy) is 2. The van der Waals surface area contributed by atoms with Gasteiger partial charge in [-0.05, 0) is 49.1 Å². The lowest BCUT2D eigenvalue weighted by atomic mass is 9.82. The molecular weight excluding hydrogens is 466 g/mol. The number of nitrogens with one attached hydrogen (secondary N) is 1. The van der Waals surface area contributed by atoms with Crippen molar-refractivity contribution in [2.45, 2.75) is 49.9 Å². The molecule has 1 aliphatic heterocycles. The van der Waals surface area contributed by atoms with Crippen molar-refractivity contribution in [1.82, 2.24) is 5.32 Å². The molecule has 1 heterocycles. The summed E-state index contributed by atoms with van der Waals surface area (Å²) in [6.07, 6.45) is -11.5. The number of carbonyl (C=O) groups is 1. The molecule has 0 unspecified atom stereocenters. The maximum Gasteiger partial charge on any atom is 0.416 e. The number of benzene rings is 2. The van der Waals surface area contributed by atoms with Crippen LogP contribution in [0.5, 0.6) is 0 Å². The van der Waals surface area contributed by atoms with Gasteiger partial charge < -0.3 is 20.5 Å². The zero-order valence-electron chi connectivity index (χ0n) is 18.2. The lowest BCUT2D eigenvalue weighted by Crippen LogP contribution is -2.54. The van der Waals surface area contributed by atoms with E-state index in [1.165, 1.54) is 6.92 Å². The smallest absolute Gasteiger partial charge is 0.416 e. The van der Waals surface area contributed by atoms with E-state index in [-0.39, 0.29) is 24.8 Å². The average Bonchev–Trinajstić information content (AvgIpc) is 2.77. The normalized spacial score (nSPS) is 22.3. The van der Waals surface area contributed by atoms with E-state index in [1.54, 1.807) is 12.1 Å². The minimum atomic E-state index is -4.94. The molecule has 0 saturated carbocycles. The summed E-state index contributed by atoms with van der Waals surface area (Å²) in [5.41, 5.74) is 2.07. The predicted molar refractivity (Wildman–Crippen MR) is 111 cm³/mol. The zero-order chi connectivity index (χ0) is 25.1. The van der Waals surface area contributed by atoms with Crippen LogP contribution in [0.25, 0.3) is 0 Å². The molecule has 3 N–H and O–H groups in total. The molecule has 5 nitrogen and oxygen atoms in total. The third kappa shape index (κ3) is 6.20. The molecule has 3 rings (SSSR count). The SMILES string of the molecule is C[C@@H](OC[C@@]1(c2ccccc2)CC[C@@H](OC(N)=O)CN1)c1cc(C(F)(F)F)cc(C(F)(F)F)c1. The molecule has 2 aromatic carbocycles. The Bertz CT molecular complexity index is 954. The van der Waals surface area contributed by atoms with E-state index in [4.69, 9.17) is 15.2 Å². The molecule has 0 bridgehead atoms. The number of primary amides is 1. The maximum atomic E-state index is 13.2. The lowest BCUT2D eigenvalue weighted by molar-refractivity contribution is -0.143. The fraction of sp³-hybridized carbons (Fsp3) is 0.435. The van der Waals surface area contributed by atoms with Gasteiger partial charge in [0, 0.05) is 6.54 Å². The van der Waals surface area contributed by atoms with E-state index in [1.807, 2.05) is 18.2 Å². The Kier molecular flexibility index (Phi) is 7.47. The van der Waals surface area contributed by atoms with Gasteiger partial charge in [-0.25, -0.2) is 4.79 Å². The zero-order valence-corrected chi connectivity index (χ0v) is 18.2. The van der Waals surface area contributed by atoms with Crippen LogP contribution in [0, 0.1) is 0 Å². The van der Waals surface area contributed by atoms with Crippen LogP contribution in [-0.4, -0.2) is 25.3 Å². The van der Waals surface area contributed by atoms with Gasteiger partial charge in [0.2, 0.25) is 0 Å². The topological polar surface area (TPSA) is 73.6 Å². The van der Waals surface area contributed by atoms with Crippen molar-refractivity contribution in [2.24, 2.45) is 5.73 Å². The van der Waals surface area contributed by atoms with Crippen LogP contribution in [0.1, 0.15) is 48.1 Å². The van der Waals surface area contributed by atoms with Crippen LogP contribution in [0.4, 0.5) is 31.1 Å². The Hall–Kier alpha value is -2.79. The van der Waals surface area contributed by atoms with Crippen LogP contribution in [-0.2, 0) is 27.4 Å². The van der Waals surface area contributed by atoms with Crippen molar-refractivity contribution in [3.8, 4) is 0 Å². The summed E-state index contributed by atoms with van der Waals surface area (Å²) in [6.45, 7) is 1.60. The van der Waals surface area contributed by atoms with Crippen molar-refractivity contribution >= 4 is 6.09 Å². The number of nitrogens with two attached hydrogens (primary N) is 1. The van der Waals surface area contributed by atoms with Crippen molar-refractivity contribution in [3.63, 3.8) is 0 Å². The standard InChI is InChI=1S/C23H24F6N2O3/c1-14(15-9-17(22(24,25)26)11-18(10-15)23(27,28)29)33-13-21(16-5-3-2-4-6-16)8-7-19(12-31-21)34-20(30)32/h2-6,9-11,14,19,31H,7-8,12-13H2,1H3,(H2,30,32)/t14-,19-,21-/m1/s1. The van der Waals surface area contributed by atoms with Gasteiger partial charge in [0.15, 0.2) is 0 Å². The quantitative estimate of drug-likeness (QED) is 0.522. The van der Waals surface area contributed by atoms with E-state index in [9.17, 15) is 31.1 Å². The molecule has 2 aromatic rings. The molecule has 0 aromatic heterocycles. The predicted octanol–water partition coefficient (Wildman–Crippen LogP) is 5.54. The fourth-order valence-corrected chi connectivity index (χ4v) is 3.96. The Morgan fingerprint density at radius 3 is 2.15 bits per heavy atom. The summed E-state index contributed by atoms with van der Waals surface area (Å²) in [5, 5.41) is 3.26. The van der Waals surface area contributed by atoms with Crippen molar-refractivity contribution < 1.29 is 40.6 Å². The molecule has 0 aliphatic carbocycles. The highest BCUT2D eigenvalue weighted by molar-refractivity contribution is 5.64. The first kappa shape index (κ1) is 25.8. The third-order valence-electron chi connectivity index (χ3n) is 5.83. The van der Waals surface area contributed by atoms with E-state index < -0.39 is 47.3 Å². The van der Waals surface area contributed by atoms with Crippen LogP contribution in [0.2, 0.25) is 0 Å². The molecule has 3 atom stereocenters. The van der Waals surface area contributed by atoms with Gasteiger partial charge in [-0.2, -0.15) is 26.3 Å². The summed E-state index contributed by atoms with van der Waals surface area (Å²) in [7, 11) is 0. The summed E-state index contributed by atoms with van der Waals surface area (Å²) < 4.78 is 90.2. The number of carbonyl (C=O) groups excluding carboxylic acids is 1. The molecule has 0 radical (unpaired) electrons. The van der Waals surface area contributed by atoms with E-state index >= 15 is 0 Å². The minimum absolute atomic E-state index is 0.0426. The van der Waals surface area contributed by atoms with Gasteiger partial charge in [-0.3, -0.25) is 0 Å². The Labute approximate surface area is 192 Å². The molecule has 34 heavy (non-hydrogen) atoms. The number of hydrogen-bond acceptors (Lipinski definition) is 4. The molecule has 1 aliphatic rings. The molecule has 11 heteroatoms. The first-order valence-electron chi connectivity index (χ1n) is 10.5. The second kappa shape index (κ2) is 9.83. The van der Waals surface area contributed by atoms with Gasteiger partial charge in [0.05, 0.1) is 29.4 Å². The molecule has 1 saturated heterocycles. The summed E-state index contributed by atoms with van der Waals surface area (Å²) >= 11 is 0.